The minimum absolute atomic E-state index is 0.176. The van der Waals surface area contributed by atoms with Gasteiger partial charge in [0.15, 0.2) is 0 Å². The number of hydrogen-bond donors (Lipinski definition) is 1. The van der Waals surface area contributed by atoms with Crippen molar-refractivity contribution in [3.8, 4) is 0 Å². The third-order valence-corrected chi connectivity index (χ3v) is 5.27. The quantitative estimate of drug-likeness (QED) is 0.347. The second kappa shape index (κ2) is 13.8. The largest absolute Gasteiger partial charge is 0.393 e. The Morgan fingerprint density at radius 1 is 1.12 bits per heavy atom. The van der Waals surface area contributed by atoms with Crippen LogP contribution in [0.25, 0.3) is 0 Å². The summed E-state index contributed by atoms with van der Waals surface area (Å²) in [6, 6.07) is 0. The van der Waals surface area contributed by atoms with E-state index >= 15 is 0 Å². The molecule has 0 saturated carbocycles. The number of aliphatic hydroxyl groups excluding tert-OH is 1. The molecule has 0 aromatic heterocycles. The van der Waals surface area contributed by atoms with Gasteiger partial charge in [0.05, 0.1) is 6.10 Å². The van der Waals surface area contributed by atoms with E-state index in [-0.39, 0.29) is 6.10 Å². The molecule has 1 aliphatic rings. The Morgan fingerprint density at radius 3 is 2.54 bits per heavy atom. The van der Waals surface area contributed by atoms with Gasteiger partial charge in [-0.15, -0.1) is 0 Å². The fourth-order valence-electron chi connectivity index (χ4n) is 3.53. The van der Waals surface area contributed by atoms with E-state index < -0.39 is 0 Å². The summed E-state index contributed by atoms with van der Waals surface area (Å²) in [6.07, 6.45) is 25.6. The minimum atomic E-state index is -0.176. The highest BCUT2D eigenvalue weighted by Crippen LogP contribution is 2.29. The SMILES string of the molecule is C=CC=CC=C(C)CCC(O)CCC(CCC(C)C)CC1C=CC=CC1. The first-order valence-electron chi connectivity index (χ1n) is 10.5. The normalized spacial score (nSPS) is 20.0. The molecule has 0 aromatic carbocycles. The van der Waals surface area contributed by atoms with Gasteiger partial charge in [0.25, 0.3) is 0 Å². The molecule has 0 fully saturated rings. The van der Waals surface area contributed by atoms with E-state index in [0.29, 0.717) is 5.92 Å². The molecule has 1 heteroatoms. The topological polar surface area (TPSA) is 20.2 Å². The summed E-state index contributed by atoms with van der Waals surface area (Å²) < 4.78 is 0. The van der Waals surface area contributed by atoms with E-state index in [0.717, 1.165) is 37.5 Å². The number of hydrogen-bond acceptors (Lipinski definition) is 1. The molecule has 1 rings (SSSR count). The molecule has 0 radical (unpaired) electrons. The molecule has 1 N–H and O–H groups in total. The molecule has 26 heavy (non-hydrogen) atoms. The lowest BCUT2D eigenvalue weighted by atomic mass is 9.83. The summed E-state index contributed by atoms with van der Waals surface area (Å²) in [5.74, 6) is 2.19. The van der Waals surface area contributed by atoms with Gasteiger partial charge in [0.1, 0.15) is 0 Å². The van der Waals surface area contributed by atoms with E-state index in [1.165, 1.54) is 31.3 Å². The lowest BCUT2D eigenvalue weighted by Gasteiger charge is -2.24. The average Bonchev–Trinajstić information content (AvgIpc) is 2.63. The van der Waals surface area contributed by atoms with Gasteiger partial charge in [-0.05, 0) is 63.2 Å². The second-order valence-corrected chi connectivity index (χ2v) is 8.29. The second-order valence-electron chi connectivity index (χ2n) is 8.29. The lowest BCUT2D eigenvalue weighted by Crippen LogP contribution is -2.14. The van der Waals surface area contributed by atoms with Crippen LogP contribution in [-0.2, 0) is 0 Å². The van der Waals surface area contributed by atoms with Crippen LogP contribution in [-0.4, -0.2) is 11.2 Å². The highest BCUT2D eigenvalue weighted by Gasteiger charge is 2.17. The van der Waals surface area contributed by atoms with Crippen LogP contribution < -0.4 is 0 Å². The highest BCUT2D eigenvalue weighted by molar-refractivity contribution is 5.14. The maximum atomic E-state index is 10.4. The summed E-state index contributed by atoms with van der Waals surface area (Å²) >= 11 is 0. The van der Waals surface area contributed by atoms with Crippen LogP contribution >= 0.6 is 0 Å². The monoisotopic (exact) mass is 356 g/mol. The van der Waals surface area contributed by atoms with Crippen LogP contribution in [0.1, 0.15) is 72.1 Å². The van der Waals surface area contributed by atoms with Gasteiger partial charge >= 0.3 is 0 Å². The molecular weight excluding hydrogens is 316 g/mol. The third kappa shape index (κ3) is 11.3. The minimum Gasteiger partial charge on any atom is -0.393 e. The molecule has 0 bridgehead atoms. The standard InChI is InChI=1S/C25H40O/c1-5-6-8-11-22(4)15-18-25(26)19-17-24(16-14-21(2)3)20-23-12-9-7-10-13-23/h5-12,21,23-26H,1,13-20H2,2-4H3. The van der Waals surface area contributed by atoms with Crippen molar-refractivity contribution in [1.82, 2.24) is 0 Å². The van der Waals surface area contributed by atoms with Gasteiger partial charge in [0, 0.05) is 0 Å². The molecule has 146 valence electrons. The fraction of sp³-hybridized carbons (Fsp3) is 0.600. The van der Waals surface area contributed by atoms with E-state index in [1.807, 2.05) is 12.2 Å². The predicted molar refractivity (Wildman–Crippen MR) is 116 cm³/mol. The maximum absolute atomic E-state index is 10.4. The zero-order chi connectivity index (χ0) is 19.2. The summed E-state index contributed by atoms with van der Waals surface area (Å²) in [7, 11) is 0. The molecule has 0 amide bonds. The van der Waals surface area contributed by atoms with Crippen molar-refractivity contribution in [2.45, 2.75) is 78.2 Å². The van der Waals surface area contributed by atoms with Crippen LogP contribution in [0.2, 0.25) is 0 Å². The Bertz CT molecular complexity index is 492. The summed E-state index contributed by atoms with van der Waals surface area (Å²) in [5.41, 5.74) is 1.32. The molecule has 1 aliphatic carbocycles. The zero-order valence-corrected chi connectivity index (χ0v) is 17.2. The molecule has 0 heterocycles. The first-order valence-corrected chi connectivity index (χ1v) is 10.5. The van der Waals surface area contributed by atoms with Gasteiger partial charge < -0.3 is 5.11 Å². The molecule has 0 aliphatic heterocycles. The number of allylic oxidation sites excluding steroid dienone is 9. The maximum Gasteiger partial charge on any atom is 0.0543 e. The molecular formula is C25H40O. The Hall–Kier alpha value is -1.34. The van der Waals surface area contributed by atoms with Gasteiger partial charge in [-0.3, -0.25) is 0 Å². The van der Waals surface area contributed by atoms with Crippen LogP contribution in [0, 0.1) is 17.8 Å². The van der Waals surface area contributed by atoms with Crippen molar-refractivity contribution >= 4 is 0 Å². The predicted octanol–water partition coefficient (Wildman–Crippen LogP) is 7.17. The molecule has 3 atom stereocenters. The Labute approximate surface area is 162 Å². The van der Waals surface area contributed by atoms with Gasteiger partial charge in [-0.2, -0.15) is 0 Å². The molecule has 1 nitrogen and oxygen atoms in total. The van der Waals surface area contributed by atoms with Crippen molar-refractivity contribution in [1.29, 1.82) is 0 Å². The summed E-state index contributed by atoms with van der Waals surface area (Å²) in [4.78, 5) is 0. The van der Waals surface area contributed by atoms with Gasteiger partial charge in [-0.1, -0.05) is 87.4 Å². The van der Waals surface area contributed by atoms with Crippen molar-refractivity contribution in [3.63, 3.8) is 0 Å². The van der Waals surface area contributed by atoms with Gasteiger partial charge in [-0.25, -0.2) is 0 Å². The molecule has 0 spiro atoms. The van der Waals surface area contributed by atoms with Crippen LogP contribution in [0.4, 0.5) is 0 Å². The highest BCUT2D eigenvalue weighted by atomic mass is 16.3. The Kier molecular flexibility index (Phi) is 12.1. The first-order chi connectivity index (χ1) is 12.5. The van der Waals surface area contributed by atoms with Crippen molar-refractivity contribution in [3.05, 3.63) is 60.8 Å². The van der Waals surface area contributed by atoms with E-state index in [2.05, 4.69) is 57.7 Å². The number of rotatable bonds is 13. The van der Waals surface area contributed by atoms with Crippen LogP contribution in [0.15, 0.2) is 60.8 Å². The smallest absolute Gasteiger partial charge is 0.0543 e. The Morgan fingerprint density at radius 2 is 1.88 bits per heavy atom. The van der Waals surface area contributed by atoms with Gasteiger partial charge in [0.2, 0.25) is 0 Å². The van der Waals surface area contributed by atoms with Crippen molar-refractivity contribution in [2.24, 2.45) is 17.8 Å². The first kappa shape index (κ1) is 22.7. The lowest BCUT2D eigenvalue weighted by molar-refractivity contribution is 0.141. The average molecular weight is 357 g/mol. The van der Waals surface area contributed by atoms with E-state index in [1.54, 1.807) is 6.08 Å². The van der Waals surface area contributed by atoms with E-state index in [9.17, 15) is 5.11 Å². The summed E-state index contributed by atoms with van der Waals surface area (Å²) in [6.45, 7) is 10.4. The van der Waals surface area contributed by atoms with Crippen LogP contribution in [0.5, 0.6) is 0 Å². The van der Waals surface area contributed by atoms with Crippen molar-refractivity contribution < 1.29 is 5.11 Å². The molecule has 0 aromatic rings. The van der Waals surface area contributed by atoms with Crippen LogP contribution in [0.3, 0.4) is 0 Å². The van der Waals surface area contributed by atoms with Crippen molar-refractivity contribution in [2.75, 3.05) is 0 Å². The number of aliphatic hydroxyl groups is 1. The zero-order valence-electron chi connectivity index (χ0n) is 17.2. The summed E-state index contributed by atoms with van der Waals surface area (Å²) in [5, 5.41) is 10.4. The van der Waals surface area contributed by atoms with E-state index in [4.69, 9.17) is 0 Å². The molecule has 3 unspecified atom stereocenters. The fourth-order valence-corrected chi connectivity index (χ4v) is 3.53. The Balaban J connectivity index is 2.39. The third-order valence-electron chi connectivity index (χ3n) is 5.27. The molecule has 0 saturated heterocycles.